The molecule has 6 nitrogen and oxygen atoms in total. The smallest absolute Gasteiger partial charge is 0.475 e. The minimum atomic E-state index is -5.08. The molecule has 2 saturated heterocycles. The lowest BCUT2D eigenvalue weighted by atomic mass is 9.85. The standard InChI is InChI=1S/C7H14N2.2C2HF3O2/c1-9-3-2-6-4-8-7(6)5-9;2*3-2(4,5)1(6)7/h6-8H,2-5H2,1H3;2*(H,6,7)/t6-,7-;;/m1../s1. The first-order chi connectivity index (χ1) is 10.2. The topological polar surface area (TPSA) is 89.9 Å². The average Bonchev–Trinajstić information content (AvgIpc) is 2.32. The molecule has 0 radical (unpaired) electrons. The third-order valence-electron chi connectivity index (χ3n) is 3.09. The Morgan fingerprint density at radius 2 is 1.43 bits per heavy atom. The molecule has 136 valence electrons. The minimum absolute atomic E-state index is 0.837. The molecule has 0 aromatic rings. The number of rotatable bonds is 0. The number of carboxylic acids is 2. The quantitative estimate of drug-likeness (QED) is 0.566. The summed E-state index contributed by atoms with van der Waals surface area (Å²) >= 11 is 0. The number of carbonyl (C=O) groups is 2. The molecule has 2 heterocycles. The molecule has 0 bridgehead atoms. The van der Waals surface area contributed by atoms with E-state index < -0.39 is 24.3 Å². The van der Waals surface area contributed by atoms with Crippen LogP contribution in [-0.4, -0.2) is 72.1 Å². The van der Waals surface area contributed by atoms with Gasteiger partial charge in [0.1, 0.15) is 0 Å². The lowest BCUT2D eigenvalue weighted by Gasteiger charge is -2.45. The van der Waals surface area contributed by atoms with Crippen molar-refractivity contribution in [3.8, 4) is 0 Å². The Morgan fingerprint density at radius 3 is 1.61 bits per heavy atom. The number of aliphatic carboxylic acids is 2. The second-order valence-corrected chi connectivity index (χ2v) is 4.93. The largest absolute Gasteiger partial charge is 0.490 e. The van der Waals surface area contributed by atoms with Crippen LogP contribution in [0.2, 0.25) is 0 Å². The molecule has 0 unspecified atom stereocenters. The summed E-state index contributed by atoms with van der Waals surface area (Å²) in [6, 6.07) is 0.837. The summed E-state index contributed by atoms with van der Waals surface area (Å²) < 4.78 is 63.5. The van der Waals surface area contributed by atoms with Crippen LogP contribution in [0.5, 0.6) is 0 Å². The molecule has 3 N–H and O–H groups in total. The van der Waals surface area contributed by atoms with Gasteiger partial charge >= 0.3 is 24.3 Å². The molecule has 12 heteroatoms. The van der Waals surface area contributed by atoms with Crippen LogP contribution in [0.3, 0.4) is 0 Å². The van der Waals surface area contributed by atoms with Gasteiger partial charge in [0, 0.05) is 12.6 Å². The lowest BCUT2D eigenvalue weighted by molar-refractivity contribution is -0.193. The Balaban J connectivity index is 0.000000322. The van der Waals surface area contributed by atoms with Gasteiger partial charge in [0.2, 0.25) is 0 Å². The third-order valence-corrected chi connectivity index (χ3v) is 3.09. The first-order valence-corrected chi connectivity index (χ1v) is 6.27. The maximum absolute atomic E-state index is 10.6. The molecule has 2 atom stereocenters. The van der Waals surface area contributed by atoms with Gasteiger partial charge < -0.3 is 20.4 Å². The van der Waals surface area contributed by atoms with Gasteiger partial charge in [-0.3, -0.25) is 0 Å². The number of nitrogens with one attached hydrogen (secondary N) is 1. The van der Waals surface area contributed by atoms with Crippen LogP contribution in [0.4, 0.5) is 26.3 Å². The van der Waals surface area contributed by atoms with Crippen molar-refractivity contribution >= 4 is 11.9 Å². The van der Waals surface area contributed by atoms with Crippen LogP contribution in [0.1, 0.15) is 6.42 Å². The molecule has 23 heavy (non-hydrogen) atoms. The summed E-state index contributed by atoms with van der Waals surface area (Å²) in [7, 11) is 2.20. The summed E-state index contributed by atoms with van der Waals surface area (Å²) in [4.78, 5) is 20.2. The van der Waals surface area contributed by atoms with E-state index in [1.54, 1.807) is 0 Å². The number of fused-ring (bicyclic) bond motifs is 1. The zero-order valence-electron chi connectivity index (χ0n) is 11.9. The van der Waals surface area contributed by atoms with E-state index in [4.69, 9.17) is 19.8 Å². The van der Waals surface area contributed by atoms with Crippen molar-refractivity contribution in [1.29, 1.82) is 0 Å². The highest BCUT2D eigenvalue weighted by Crippen LogP contribution is 2.22. The van der Waals surface area contributed by atoms with E-state index in [0.29, 0.717) is 0 Å². The van der Waals surface area contributed by atoms with Crippen molar-refractivity contribution in [3.63, 3.8) is 0 Å². The Morgan fingerprint density at radius 1 is 1.04 bits per heavy atom. The SMILES string of the molecule is CN1CC[C@@H]2CN[C@@H]2C1.O=C(O)C(F)(F)F.O=C(O)C(F)(F)F. The highest BCUT2D eigenvalue weighted by Gasteiger charge is 2.38. The minimum Gasteiger partial charge on any atom is -0.475 e. The number of hydrogen-bond acceptors (Lipinski definition) is 4. The van der Waals surface area contributed by atoms with Crippen LogP contribution in [0.15, 0.2) is 0 Å². The molecule has 0 aromatic heterocycles. The number of alkyl halides is 6. The highest BCUT2D eigenvalue weighted by atomic mass is 19.4. The molecule has 0 aliphatic carbocycles. The fraction of sp³-hybridized carbons (Fsp3) is 0.818. The lowest BCUT2D eigenvalue weighted by Crippen LogP contribution is -2.61. The molecular weight excluding hydrogens is 338 g/mol. The predicted octanol–water partition coefficient (Wildman–Crippen LogP) is 1.18. The molecule has 2 aliphatic heterocycles. The Kier molecular flexibility index (Phi) is 7.77. The predicted molar refractivity (Wildman–Crippen MR) is 64.8 cm³/mol. The fourth-order valence-corrected chi connectivity index (χ4v) is 1.78. The van der Waals surface area contributed by atoms with Gasteiger partial charge in [0.25, 0.3) is 0 Å². The highest BCUT2D eigenvalue weighted by molar-refractivity contribution is 5.73. The second-order valence-electron chi connectivity index (χ2n) is 4.93. The maximum atomic E-state index is 10.6. The van der Waals surface area contributed by atoms with E-state index in [1.807, 2.05) is 0 Å². The van der Waals surface area contributed by atoms with E-state index >= 15 is 0 Å². The van der Waals surface area contributed by atoms with Crippen molar-refractivity contribution in [1.82, 2.24) is 10.2 Å². The molecule has 2 rings (SSSR count). The van der Waals surface area contributed by atoms with Crippen molar-refractivity contribution < 1.29 is 46.1 Å². The summed E-state index contributed by atoms with van der Waals surface area (Å²) in [5.41, 5.74) is 0. The molecule has 0 spiro atoms. The Bertz CT molecular complexity index is 388. The molecular formula is C11H16F6N2O4. The van der Waals surface area contributed by atoms with Crippen molar-refractivity contribution in [2.24, 2.45) is 5.92 Å². The van der Waals surface area contributed by atoms with Crippen molar-refractivity contribution in [2.75, 3.05) is 26.7 Å². The molecule has 2 aliphatic rings. The number of nitrogens with zero attached hydrogens (tertiary/aromatic N) is 1. The normalized spacial score (nSPS) is 24.0. The van der Waals surface area contributed by atoms with E-state index in [2.05, 4.69) is 17.3 Å². The van der Waals surface area contributed by atoms with E-state index in [1.165, 1.54) is 26.1 Å². The Hall–Kier alpha value is -1.56. The van der Waals surface area contributed by atoms with E-state index in [-0.39, 0.29) is 0 Å². The number of hydrogen-bond donors (Lipinski definition) is 3. The molecule has 0 aromatic carbocycles. The first-order valence-electron chi connectivity index (χ1n) is 6.27. The van der Waals surface area contributed by atoms with Crippen molar-refractivity contribution in [2.45, 2.75) is 24.8 Å². The van der Waals surface area contributed by atoms with Gasteiger partial charge in [-0.1, -0.05) is 0 Å². The van der Waals surface area contributed by atoms with Crippen molar-refractivity contribution in [3.05, 3.63) is 0 Å². The summed E-state index contributed by atoms with van der Waals surface area (Å²) in [6.45, 7) is 3.85. The van der Waals surface area contributed by atoms with Crippen LogP contribution < -0.4 is 5.32 Å². The number of likely N-dealkylation sites (tertiary alicyclic amines) is 1. The van der Waals surface area contributed by atoms with Gasteiger partial charge in [-0.15, -0.1) is 0 Å². The van der Waals surface area contributed by atoms with Gasteiger partial charge in [-0.25, -0.2) is 9.59 Å². The van der Waals surface area contributed by atoms with Gasteiger partial charge in [-0.2, -0.15) is 26.3 Å². The van der Waals surface area contributed by atoms with Crippen LogP contribution in [0.25, 0.3) is 0 Å². The third kappa shape index (κ3) is 8.59. The van der Waals surface area contributed by atoms with Crippen LogP contribution >= 0.6 is 0 Å². The zero-order chi connectivity index (χ0) is 18.4. The van der Waals surface area contributed by atoms with Gasteiger partial charge in [0.15, 0.2) is 0 Å². The monoisotopic (exact) mass is 354 g/mol. The maximum Gasteiger partial charge on any atom is 0.490 e. The number of carboxylic acid groups (broad SMARTS) is 2. The molecule has 0 saturated carbocycles. The second kappa shape index (κ2) is 8.34. The number of likely N-dealkylation sites (N-methyl/N-ethyl adjacent to an activating group) is 1. The van der Waals surface area contributed by atoms with E-state index in [9.17, 15) is 26.3 Å². The van der Waals surface area contributed by atoms with Gasteiger partial charge in [-0.05, 0) is 32.5 Å². The Labute approximate surface area is 127 Å². The molecule has 2 fully saturated rings. The number of halogens is 6. The molecule has 0 amide bonds. The summed E-state index contributed by atoms with van der Waals surface area (Å²) in [5, 5.41) is 17.7. The first kappa shape index (κ1) is 21.4. The van der Waals surface area contributed by atoms with Crippen LogP contribution in [-0.2, 0) is 9.59 Å². The van der Waals surface area contributed by atoms with Gasteiger partial charge in [0.05, 0.1) is 0 Å². The van der Waals surface area contributed by atoms with E-state index in [0.717, 1.165) is 12.0 Å². The summed E-state index contributed by atoms with van der Waals surface area (Å²) in [6.07, 6.45) is -8.76. The summed E-state index contributed by atoms with van der Waals surface area (Å²) in [5.74, 6) is -4.50. The zero-order valence-corrected chi connectivity index (χ0v) is 11.9. The average molecular weight is 354 g/mol. The van der Waals surface area contributed by atoms with Crippen LogP contribution in [0, 0.1) is 5.92 Å². The number of piperidine rings is 1. The fourth-order valence-electron chi connectivity index (χ4n) is 1.78.